The molecule has 1 N–H and O–H groups in total. The number of nitrogens with zero attached hydrogens (tertiary/aromatic N) is 1. The third-order valence-corrected chi connectivity index (χ3v) is 2.36. The van der Waals surface area contributed by atoms with Gasteiger partial charge in [0.1, 0.15) is 0 Å². The van der Waals surface area contributed by atoms with E-state index in [0.29, 0.717) is 0 Å². The van der Waals surface area contributed by atoms with Crippen LogP contribution in [0.4, 0.5) is 5.13 Å². The van der Waals surface area contributed by atoms with Crippen LogP contribution in [0.15, 0.2) is 13.2 Å². The Morgan fingerprint density at radius 3 is 2.23 bits per heavy atom. The Morgan fingerprint density at radius 1 is 1.31 bits per heavy atom. The summed E-state index contributed by atoms with van der Waals surface area (Å²) in [5.41, 5.74) is 0.898. The van der Waals surface area contributed by atoms with E-state index in [1.807, 2.05) is 20.9 Å². The molecule has 0 aliphatic heterocycles. The molecule has 0 fully saturated rings. The maximum atomic E-state index is 4.24. The van der Waals surface area contributed by atoms with Crippen LogP contribution >= 0.6 is 11.3 Å². The average molecular weight is 196 g/mol. The minimum absolute atomic E-state index is 0.898. The molecule has 1 aromatic rings. The summed E-state index contributed by atoms with van der Waals surface area (Å²) in [6.07, 6.45) is 3.52. The largest absolute Gasteiger partial charge is 0.365 e. The highest BCUT2D eigenvalue weighted by molar-refractivity contribution is 7.16. The highest BCUT2D eigenvalue weighted by atomic mass is 32.1. The van der Waals surface area contributed by atoms with Crippen LogP contribution in [0, 0.1) is 0 Å². The second-order valence-corrected chi connectivity index (χ2v) is 2.96. The summed E-state index contributed by atoms with van der Waals surface area (Å²) in [7, 11) is 1.85. The zero-order chi connectivity index (χ0) is 10.3. The summed E-state index contributed by atoms with van der Waals surface area (Å²) in [5.74, 6) is 0. The summed E-state index contributed by atoms with van der Waals surface area (Å²) < 4.78 is 0. The molecule has 0 saturated heterocycles. The number of thiazole rings is 1. The maximum absolute atomic E-state index is 4.24. The van der Waals surface area contributed by atoms with Gasteiger partial charge < -0.3 is 5.32 Å². The predicted octanol–water partition coefficient (Wildman–Crippen LogP) is 3.50. The fourth-order valence-electron chi connectivity index (χ4n) is 0.743. The Kier molecular flexibility index (Phi) is 5.89. The first-order valence-corrected chi connectivity index (χ1v) is 5.07. The number of rotatable bonds is 3. The van der Waals surface area contributed by atoms with Crippen molar-refractivity contribution >= 4 is 28.6 Å². The molecule has 0 saturated carbocycles. The molecule has 1 heterocycles. The van der Waals surface area contributed by atoms with Crippen LogP contribution in [-0.4, -0.2) is 12.0 Å². The third kappa shape index (κ3) is 3.03. The van der Waals surface area contributed by atoms with Gasteiger partial charge in [0, 0.05) is 7.05 Å². The molecule has 0 radical (unpaired) electrons. The monoisotopic (exact) mass is 196 g/mol. The van der Waals surface area contributed by atoms with Gasteiger partial charge >= 0.3 is 0 Å². The van der Waals surface area contributed by atoms with Crippen LogP contribution in [-0.2, 0) is 0 Å². The zero-order valence-electron chi connectivity index (χ0n) is 8.42. The van der Waals surface area contributed by atoms with Crippen LogP contribution < -0.4 is 5.32 Å². The summed E-state index contributed by atoms with van der Waals surface area (Å²) >= 11 is 1.57. The quantitative estimate of drug-likeness (QED) is 0.800. The van der Waals surface area contributed by atoms with Crippen LogP contribution in [0.3, 0.4) is 0 Å². The van der Waals surface area contributed by atoms with Crippen molar-refractivity contribution in [1.29, 1.82) is 0 Å². The van der Waals surface area contributed by atoms with Crippen molar-refractivity contribution in [2.45, 2.75) is 13.8 Å². The van der Waals surface area contributed by atoms with Crippen LogP contribution in [0.5, 0.6) is 0 Å². The van der Waals surface area contributed by atoms with Gasteiger partial charge in [0.25, 0.3) is 0 Å². The zero-order valence-corrected chi connectivity index (χ0v) is 9.24. The summed E-state index contributed by atoms with van der Waals surface area (Å²) in [4.78, 5) is 5.30. The molecule has 0 unspecified atom stereocenters. The summed E-state index contributed by atoms with van der Waals surface area (Å²) in [5, 5.41) is 3.87. The van der Waals surface area contributed by atoms with E-state index in [0.717, 1.165) is 15.7 Å². The molecule has 1 aromatic heterocycles. The lowest BCUT2D eigenvalue weighted by molar-refractivity contribution is 1.34. The molecule has 1 rings (SSSR count). The molecule has 0 bridgehead atoms. The lowest BCUT2D eigenvalue weighted by atomic mass is 10.3. The second-order valence-electron chi connectivity index (χ2n) is 1.93. The van der Waals surface area contributed by atoms with Gasteiger partial charge in [-0.25, -0.2) is 4.98 Å². The molecule has 0 aliphatic rings. The molecular weight excluding hydrogens is 180 g/mol. The van der Waals surface area contributed by atoms with Crippen molar-refractivity contribution in [2.24, 2.45) is 0 Å². The number of nitrogens with one attached hydrogen (secondary N) is 1. The van der Waals surface area contributed by atoms with E-state index >= 15 is 0 Å². The van der Waals surface area contributed by atoms with Gasteiger partial charge in [-0.05, 0) is 12.2 Å². The van der Waals surface area contributed by atoms with Gasteiger partial charge in [-0.1, -0.05) is 38.3 Å². The highest BCUT2D eigenvalue weighted by Gasteiger charge is 2.02. The number of hydrogen-bond donors (Lipinski definition) is 1. The van der Waals surface area contributed by atoms with Gasteiger partial charge in [-0.3, -0.25) is 0 Å². The highest BCUT2D eigenvalue weighted by Crippen LogP contribution is 2.23. The minimum atomic E-state index is 0.898. The van der Waals surface area contributed by atoms with Crippen molar-refractivity contribution < 1.29 is 0 Å². The van der Waals surface area contributed by atoms with E-state index in [1.165, 1.54) is 0 Å². The van der Waals surface area contributed by atoms with Crippen molar-refractivity contribution in [1.82, 2.24) is 4.98 Å². The standard InChI is InChI=1S/C8H10N2S.C2H6/c1-4-6-7(5-2)11-8(9-3)10-6;1-2/h4-5H,1-2H2,3H3,(H,9,10);1-2H3. The maximum Gasteiger partial charge on any atom is 0.183 e. The van der Waals surface area contributed by atoms with E-state index < -0.39 is 0 Å². The van der Waals surface area contributed by atoms with E-state index in [-0.39, 0.29) is 0 Å². The molecule has 0 amide bonds. The molecule has 13 heavy (non-hydrogen) atoms. The van der Waals surface area contributed by atoms with E-state index in [4.69, 9.17) is 0 Å². The van der Waals surface area contributed by atoms with Crippen molar-refractivity contribution in [2.75, 3.05) is 12.4 Å². The number of anilines is 1. The summed E-state index contributed by atoms with van der Waals surface area (Å²) in [6, 6.07) is 0. The number of hydrogen-bond acceptors (Lipinski definition) is 3. The molecule has 0 aromatic carbocycles. The Hall–Kier alpha value is -1.09. The minimum Gasteiger partial charge on any atom is -0.365 e. The van der Waals surface area contributed by atoms with Gasteiger partial charge in [0.05, 0.1) is 10.6 Å². The van der Waals surface area contributed by atoms with Crippen molar-refractivity contribution in [3.8, 4) is 0 Å². The van der Waals surface area contributed by atoms with Crippen LogP contribution in [0.1, 0.15) is 24.4 Å². The summed E-state index contributed by atoms with van der Waals surface area (Å²) in [6.45, 7) is 11.3. The first-order valence-electron chi connectivity index (χ1n) is 4.25. The van der Waals surface area contributed by atoms with Gasteiger partial charge in [0.2, 0.25) is 0 Å². The Morgan fingerprint density at radius 2 is 1.92 bits per heavy atom. The molecule has 2 nitrogen and oxygen atoms in total. The van der Waals surface area contributed by atoms with Crippen LogP contribution in [0.2, 0.25) is 0 Å². The molecular formula is C10H16N2S. The molecule has 0 aliphatic carbocycles. The molecule has 0 spiro atoms. The fraction of sp³-hybridized carbons (Fsp3) is 0.300. The first-order chi connectivity index (χ1) is 6.31. The topological polar surface area (TPSA) is 24.9 Å². The number of aromatic nitrogens is 1. The van der Waals surface area contributed by atoms with Crippen LogP contribution in [0.25, 0.3) is 12.2 Å². The Bertz CT molecular complexity index is 251. The third-order valence-electron chi connectivity index (χ3n) is 1.27. The molecule has 3 heteroatoms. The van der Waals surface area contributed by atoms with Gasteiger partial charge in [0.15, 0.2) is 5.13 Å². The first kappa shape index (κ1) is 11.9. The van der Waals surface area contributed by atoms with Gasteiger partial charge in [-0.15, -0.1) is 0 Å². The van der Waals surface area contributed by atoms with E-state index in [1.54, 1.807) is 23.5 Å². The van der Waals surface area contributed by atoms with Crippen molar-refractivity contribution in [3.05, 3.63) is 23.7 Å². The lowest BCUT2D eigenvalue weighted by Crippen LogP contribution is -1.84. The molecule has 0 atom stereocenters. The van der Waals surface area contributed by atoms with Gasteiger partial charge in [-0.2, -0.15) is 0 Å². The van der Waals surface area contributed by atoms with E-state index in [9.17, 15) is 0 Å². The SMILES string of the molecule is C=Cc1nc(NC)sc1C=C.CC. The van der Waals surface area contributed by atoms with E-state index in [2.05, 4.69) is 23.5 Å². The second kappa shape index (κ2) is 6.43. The average Bonchev–Trinajstić information content (AvgIpc) is 2.63. The predicted molar refractivity (Wildman–Crippen MR) is 63.2 cm³/mol. The smallest absolute Gasteiger partial charge is 0.183 e. The fourth-order valence-corrected chi connectivity index (χ4v) is 1.51. The normalized spacial score (nSPS) is 8.23. The Labute approximate surface area is 84.0 Å². The van der Waals surface area contributed by atoms with Crippen molar-refractivity contribution in [3.63, 3.8) is 0 Å². The Balaban J connectivity index is 0.000000671. The molecule has 72 valence electrons. The lowest BCUT2D eigenvalue weighted by Gasteiger charge is -1.85.